The number of halogens is 8. The molecule has 0 aliphatic rings. The van der Waals surface area contributed by atoms with Crippen molar-refractivity contribution in [2.45, 2.75) is 19.0 Å². The summed E-state index contributed by atoms with van der Waals surface area (Å²) in [4.78, 5) is 2.36. The van der Waals surface area contributed by atoms with Gasteiger partial charge in [0, 0.05) is 6.07 Å². The zero-order valence-electron chi connectivity index (χ0n) is 8.98. The lowest BCUT2D eigenvalue weighted by atomic mass is 10.1. The number of aromatic nitrogens is 1. The average Bonchev–Trinajstić information content (AvgIpc) is 2.23. The fraction of sp³-hybridized carbons (Fsp3) is 0.333. The van der Waals surface area contributed by atoms with Crippen LogP contribution in [-0.4, -0.2) is 11.3 Å². The molecule has 1 rings (SSSR count). The molecule has 0 radical (unpaired) electrons. The molecule has 1 aromatic heterocycles. The summed E-state index contributed by atoms with van der Waals surface area (Å²) in [5.74, 6) is -1.65. The first kappa shape index (κ1) is 15.9. The lowest BCUT2D eigenvalue weighted by Crippen LogP contribution is -2.21. The van der Waals surface area contributed by atoms with Crippen molar-refractivity contribution in [2.75, 3.05) is 0 Å². The maximum Gasteiger partial charge on any atom is 0.574 e. The highest BCUT2D eigenvalue weighted by Gasteiger charge is 2.41. The van der Waals surface area contributed by atoms with E-state index in [0.29, 0.717) is 0 Å². The molecule has 3 nitrogen and oxygen atoms in total. The normalized spacial score (nSPS) is 12.4. The monoisotopic (exact) mass is 306 g/mol. The van der Waals surface area contributed by atoms with Crippen molar-refractivity contribution in [3.8, 4) is 11.9 Å². The minimum Gasteiger partial charge on any atom is -0.388 e. The number of hydrogen-bond acceptors (Lipinski definition) is 3. The summed E-state index contributed by atoms with van der Waals surface area (Å²) in [6, 6.07) is 1.01. The first-order valence-electron chi connectivity index (χ1n) is 4.52. The minimum absolute atomic E-state index is 0.0597. The summed E-state index contributed by atoms with van der Waals surface area (Å²) in [7, 11) is 0. The summed E-state index contributed by atoms with van der Waals surface area (Å²) >= 11 is 0. The molecule has 20 heavy (non-hydrogen) atoms. The van der Waals surface area contributed by atoms with Gasteiger partial charge >= 0.3 is 12.5 Å². The highest BCUT2D eigenvalue weighted by atomic mass is 19.4. The molecule has 0 aliphatic heterocycles. The van der Waals surface area contributed by atoms with Crippen molar-refractivity contribution < 1.29 is 39.9 Å². The van der Waals surface area contributed by atoms with Gasteiger partial charge in [0.1, 0.15) is 0 Å². The predicted octanol–water partition coefficient (Wildman–Crippen LogP) is 3.81. The van der Waals surface area contributed by atoms with E-state index >= 15 is 0 Å². The van der Waals surface area contributed by atoms with E-state index in [2.05, 4.69) is 9.72 Å². The largest absolute Gasteiger partial charge is 0.574 e. The van der Waals surface area contributed by atoms with Crippen LogP contribution in [0.1, 0.15) is 23.2 Å². The van der Waals surface area contributed by atoms with Crippen LogP contribution in [0.25, 0.3) is 0 Å². The first-order valence-corrected chi connectivity index (χ1v) is 4.52. The molecule has 0 atom stereocenters. The van der Waals surface area contributed by atoms with Gasteiger partial charge in [0.05, 0.1) is 17.2 Å². The highest BCUT2D eigenvalue weighted by molar-refractivity contribution is 5.45. The Bertz CT molecular complexity index is 543. The summed E-state index contributed by atoms with van der Waals surface area (Å²) in [5.41, 5.74) is -5.40. The van der Waals surface area contributed by atoms with Gasteiger partial charge in [-0.25, -0.2) is 13.8 Å². The van der Waals surface area contributed by atoms with E-state index < -0.39 is 41.7 Å². The van der Waals surface area contributed by atoms with Crippen molar-refractivity contribution >= 4 is 0 Å². The number of alkyl halides is 8. The van der Waals surface area contributed by atoms with Gasteiger partial charge in [-0.1, -0.05) is 0 Å². The van der Waals surface area contributed by atoms with Crippen molar-refractivity contribution in [1.29, 1.82) is 5.26 Å². The maximum absolute atomic E-state index is 12.5. The number of nitrogens with zero attached hydrogens (tertiary/aromatic N) is 2. The van der Waals surface area contributed by atoms with Crippen LogP contribution in [0.3, 0.4) is 0 Å². The molecule has 110 valence electrons. The third kappa shape index (κ3) is 3.69. The molecule has 0 spiro atoms. The van der Waals surface area contributed by atoms with Gasteiger partial charge in [-0.3, -0.25) is 0 Å². The van der Waals surface area contributed by atoms with E-state index in [-0.39, 0.29) is 6.07 Å². The zero-order valence-corrected chi connectivity index (χ0v) is 8.98. The number of nitriles is 1. The third-order valence-electron chi connectivity index (χ3n) is 1.86. The molecule has 1 heterocycles. The summed E-state index contributed by atoms with van der Waals surface area (Å²) in [6.45, 7) is 0. The second kappa shape index (κ2) is 5.10. The fourth-order valence-electron chi connectivity index (χ4n) is 1.23. The molecule has 0 fully saturated rings. The Hall–Kier alpha value is -2.12. The maximum atomic E-state index is 12.5. The van der Waals surface area contributed by atoms with E-state index in [1.54, 1.807) is 0 Å². The molecule has 0 saturated carbocycles. The zero-order chi connectivity index (χ0) is 15.7. The predicted molar refractivity (Wildman–Crippen MR) is 45.6 cm³/mol. The molecule has 0 aromatic carbocycles. The third-order valence-corrected chi connectivity index (χ3v) is 1.86. The molecular formula is C9H2F8N2O. The highest BCUT2D eigenvalue weighted by Crippen LogP contribution is 2.38. The molecule has 0 N–H and O–H groups in total. The number of rotatable bonds is 2. The van der Waals surface area contributed by atoms with Gasteiger partial charge < -0.3 is 4.74 Å². The molecule has 0 bridgehead atoms. The Balaban J connectivity index is 3.53. The molecule has 11 heteroatoms. The summed E-state index contributed by atoms with van der Waals surface area (Å²) < 4.78 is 101. The minimum atomic E-state index is -5.47. The SMILES string of the molecule is N#Cc1cc(OC(F)(F)F)nc(C(F)(F)F)c1C(F)F. The summed E-state index contributed by atoms with van der Waals surface area (Å²) in [6.07, 6.45) is -14.6. The van der Waals surface area contributed by atoms with Gasteiger partial charge in [-0.2, -0.15) is 18.4 Å². The Morgan fingerprint density at radius 2 is 1.70 bits per heavy atom. The second-order valence-corrected chi connectivity index (χ2v) is 3.23. The average molecular weight is 306 g/mol. The van der Waals surface area contributed by atoms with E-state index in [4.69, 9.17) is 5.26 Å². The van der Waals surface area contributed by atoms with E-state index in [1.165, 1.54) is 0 Å². The van der Waals surface area contributed by atoms with Crippen molar-refractivity contribution in [1.82, 2.24) is 4.98 Å². The van der Waals surface area contributed by atoms with Gasteiger partial charge in [0.25, 0.3) is 6.43 Å². The van der Waals surface area contributed by atoms with Crippen LogP contribution in [0.4, 0.5) is 35.1 Å². The fourth-order valence-corrected chi connectivity index (χ4v) is 1.23. The Labute approximate surface area is 105 Å². The van der Waals surface area contributed by atoms with E-state index in [1.807, 2.05) is 0 Å². The molecule has 0 amide bonds. The quantitative estimate of drug-likeness (QED) is 0.781. The number of ether oxygens (including phenoxy) is 1. The van der Waals surface area contributed by atoms with Gasteiger partial charge in [0.15, 0.2) is 5.69 Å². The Morgan fingerprint density at radius 3 is 2.05 bits per heavy atom. The van der Waals surface area contributed by atoms with Gasteiger partial charge in [-0.05, 0) is 0 Å². The molecule has 0 saturated heterocycles. The first-order chi connectivity index (χ1) is 8.95. The number of hydrogen-bond donors (Lipinski definition) is 0. The van der Waals surface area contributed by atoms with E-state index in [9.17, 15) is 35.1 Å². The Kier molecular flexibility index (Phi) is 4.07. The second-order valence-electron chi connectivity index (χ2n) is 3.23. The van der Waals surface area contributed by atoms with E-state index in [0.717, 1.165) is 6.07 Å². The van der Waals surface area contributed by atoms with Crippen LogP contribution in [0.5, 0.6) is 5.88 Å². The van der Waals surface area contributed by atoms with Crippen LogP contribution in [-0.2, 0) is 6.18 Å². The lowest BCUT2D eigenvalue weighted by molar-refractivity contribution is -0.276. The van der Waals surface area contributed by atoms with Crippen LogP contribution < -0.4 is 4.74 Å². The van der Waals surface area contributed by atoms with Crippen LogP contribution >= 0.6 is 0 Å². The molecule has 0 unspecified atom stereocenters. The van der Waals surface area contributed by atoms with Crippen LogP contribution in [0.15, 0.2) is 6.07 Å². The molecule has 0 aliphatic carbocycles. The van der Waals surface area contributed by atoms with Crippen molar-refractivity contribution in [2.24, 2.45) is 0 Å². The van der Waals surface area contributed by atoms with Crippen molar-refractivity contribution in [3.63, 3.8) is 0 Å². The van der Waals surface area contributed by atoms with Crippen LogP contribution in [0, 0.1) is 11.3 Å². The van der Waals surface area contributed by atoms with Gasteiger partial charge in [0.2, 0.25) is 5.88 Å². The Morgan fingerprint density at radius 1 is 1.15 bits per heavy atom. The van der Waals surface area contributed by atoms with Crippen molar-refractivity contribution in [3.05, 3.63) is 22.9 Å². The number of pyridine rings is 1. The molecule has 1 aromatic rings. The standard InChI is InChI=1S/C9H2F8N2O/c10-7(11)5-3(2-18)1-4(20-9(15,16)17)19-6(5)8(12,13)14/h1,7H. The molecular weight excluding hydrogens is 304 g/mol. The smallest absolute Gasteiger partial charge is 0.388 e. The van der Waals surface area contributed by atoms with Crippen LogP contribution in [0.2, 0.25) is 0 Å². The lowest BCUT2D eigenvalue weighted by Gasteiger charge is -2.15. The topological polar surface area (TPSA) is 45.9 Å². The summed E-state index contributed by atoms with van der Waals surface area (Å²) in [5, 5.41) is 8.46. The van der Waals surface area contributed by atoms with Gasteiger partial charge in [-0.15, -0.1) is 13.2 Å².